The van der Waals surface area contributed by atoms with Crippen LogP contribution < -0.4 is 16.2 Å². The summed E-state index contributed by atoms with van der Waals surface area (Å²) in [6, 6.07) is 13.9. The van der Waals surface area contributed by atoms with E-state index in [9.17, 15) is 0 Å². The molecule has 0 fully saturated rings. The van der Waals surface area contributed by atoms with Crippen LogP contribution in [0.15, 0.2) is 42.5 Å². The molecule has 112 valence electrons. The fraction of sp³-hybridized carbons (Fsp3) is 0.312. The Morgan fingerprint density at radius 3 is 2.62 bits per heavy atom. The molecule has 0 spiro atoms. The van der Waals surface area contributed by atoms with Crippen molar-refractivity contribution in [3.05, 3.63) is 53.2 Å². The number of nitrogen functional groups attached to an aromatic ring is 1. The summed E-state index contributed by atoms with van der Waals surface area (Å²) in [5, 5.41) is 0.659. The summed E-state index contributed by atoms with van der Waals surface area (Å²) in [5.74, 6) is 6.04. The number of hydrogen-bond donors (Lipinski definition) is 2. The first-order chi connectivity index (χ1) is 10.2. The van der Waals surface area contributed by atoms with Gasteiger partial charge in [0.15, 0.2) is 0 Å². The average Bonchev–Trinajstić information content (AvgIpc) is 2.54. The number of unbranched alkanes of at least 4 members (excludes halogenated alkanes) is 1. The van der Waals surface area contributed by atoms with Gasteiger partial charge in [0.2, 0.25) is 0 Å². The van der Waals surface area contributed by atoms with Gasteiger partial charge in [-0.25, -0.2) is 10.8 Å². The molecule has 5 heteroatoms. The molecule has 1 heterocycles. The van der Waals surface area contributed by atoms with Crippen LogP contribution in [0.4, 0.5) is 11.5 Å². The predicted octanol–water partition coefficient (Wildman–Crippen LogP) is 3.83. The largest absolute Gasteiger partial charge is 0.366 e. The monoisotopic (exact) mass is 304 g/mol. The SMILES string of the molecule is CCCCN(Cc1nc(NN)ccc1Cl)c1ccccc1. The quantitative estimate of drug-likeness (QED) is 0.603. The summed E-state index contributed by atoms with van der Waals surface area (Å²) in [6.45, 7) is 3.82. The third-order valence-electron chi connectivity index (χ3n) is 3.31. The molecular formula is C16H21ClN4. The Morgan fingerprint density at radius 2 is 1.95 bits per heavy atom. The zero-order valence-electron chi connectivity index (χ0n) is 12.2. The number of para-hydroxylation sites is 1. The highest BCUT2D eigenvalue weighted by atomic mass is 35.5. The number of hydrogen-bond acceptors (Lipinski definition) is 4. The predicted molar refractivity (Wildman–Crippen MR) is 89.5 cm³/mol. The lowest BCUT2D eigenvalue weighted by atomic mass is 10.2. The number of aromatic nitrogens is 1. The Morgan fingerprint density at radius 1 is 1.19 bits per heavy atom. The first kappa shape index (κ1) is 15.6. The van der Waals surface area contributed by atoms with E-state index in [-0.39, 0.29) is 0 Å². The summed E-state index contributed by atoms with van der Waals surface area (Å²) in [7, 11) is 0. The van der Waals surface area contributed by atoms with E-state index in [2.05, 4.69) is 34.4 Å². The molecule has 0 saturated carbocycles. The lowest BCUT2D eigenvalue weighted by Gasteiger charge is -2.25. The molecule has 1 aromatic heterocycles. The minimum atomic E-state index is 0.623. The molecule has 0 aliphatic rings. The highest BCUT2D eigenvalue weighted by Gasteiger charge is 2.11. The number of anilines is 2. The van der Waals surface area contributed by atoms with E-state index in [0.29, 0.717) is 17.4 Å². The molecule has 2 aromatic rings. The summed E-state index contributed by atoms with van der Waals surface area (Å²) in [4.78, 5) is 6.74. The molecular weight excluding hydrogens is 284 g/mol. The maximum atomic E-state index is 6.26. The van der Waals surface area contributed by atoms with Gasteiger partial charge < -0.3 is 10.3 Å². The molecule has 0 saturated heterocycles. The van der Waals surface area contributed by atoms with Crippen LogP contribution >= 0.6 is 11.6 Å². The van der Waals surface area contributed by atoms with E-state index in [4.69, 9.17) is 17.4 Å². The zero-order valence-corrected chi connectivity index (χ0v) is 13.0. The third kappa shape index (κ3) is 4.34. The van der Waals surface area contributed by atoms with E-state index < -0.39 is 0 Å². The van der Waals surface area contributed by atoms with E-state index >= 15 is 0 Å². The highest BCUT2D eigenvalue weighted by molar-refractivity contribution is 6.31. The molecule has 1 aromatic carbocycles. The van der Waals surface area contributed by atoms with Crippen LogP contribution in [0.1, 0.15) is 25.5 Å². The van der Waals surface area contributed by atoms with Crippen LogP contribution in [-0.2, 0) is 6.54 Å². The van der Waals surface area contributed by atoms with Crippen LogP contribution in [0.5, 0.6) is 0 Å². The van der Waals surface area contributed by atoms with E-state index in [1.807, 2.05) is 24.3 Å². The number of nitrogens with zero attached hydrogens (tertiary/aromatic N) is 2. The van der Waals surface area contributed by atoms with Crippen molar-refractivity contribution in [2.45, 2.75) is 26.3 Å². The number of halogens is 1. The molecule has 0 radical (unpaired) electrons. The Balaban J connectivity index is 2.22. The van der Waals surface area contributed by atoms with Crippen molar-refractivity contribution in [3.8, 4) is 0 Å². The Hall–Kier alpha value is -1.78. The van der Waals surface area contributed by atoms with Gasteiger partial charge in [0.05, 0.1) is 17.3 Å². The van der Waals surface area contributed by atoms with Crippen LogP contribution in [-0.4, -0.2) is 11.5 Å². The lowest BCUT2D eigenvalue weighted by molar-refractivity contribution is 0.708. The van der Waals surface area contributed by atoms with Gasteiger partial charge in [0, 0.05) is 12.2 Å². The van der Waals surface area contributed by atoms with E-state index in [1.54, 1.807) is 6.07 Å². The summed E-state index contributed by atoms with van der Waals surface area (Å²) >= 11 is 6.26. The van der Waals surface area contributed by atoms with Crippen molar-refractivity contribution in [1.29, 1.82) is 0 Å². The first-order valence-corrected chi connectivity index (χ1v) is 7.54. The first-order valence-electron chi connectivity index (χ1n) is 7.16. The molecule has 0 aliphatic carbocycles. The Bertz CT molecular complexity index is 559. The molecule has 0 atom stereocenters. The van der Waals surface area contributed by atoms with Gasteiger partial charge in [-0.1, -0.05) is 43.1 Å². The van der Waals surface area contributed by atoms with Crippen molar-refractivity contribution in [2.75, 3.05) is 16.9 Å². The Kier molecular flexibility index (Phi) is 5.84. The molecule has 0 amide bonds. The molecule has 0 aliphatic heterocycles. The molecule has 4 nitrogen and oxygen atoms in total. The van der Waals surface area contributed by atoms with Crippen molar-refractivity contribution < 1.29 is 0 Å². The summed E-state index contributed by atoms with van der Waals surface area (Å²) in [5.41, 5.74) is 4.56. The van der Waals surface area contributed by atoms with Gasteiger partial charge in [-0.05, 0) is 30.7 Å². The summed E-state index contributed by atoms with van der Waals surface area (Å²) < 4.78 is 0. The van der Waals surface area contributed by atoms with Gasteiger partial charge in [-0.3, -0.25) is 0 Å². The fourth-order valence-corrected chi connectivity index (χ4v) is 2.31. The van der Waals surface area contributed by atoms with Crippen molar-refractivity contribution in [1.82, 2.24) is 4.98 Å². The molecule has 2 rings (SSSR count). The maximum absolute atomic E-state index is 6.26. The van der Waals surface area contributed by atoms with Gasteiger partial charge in [-0.2, -0.15) is 0 Å². The molecule has 3 N–H and O–H groups in total. The number of benzene rings is 1. The average molecular weight is 305 g/mol. The van der Waals surface area contributed by atoms with Crippen LogP contribution in [0, 0.1) is 0 Å². The maximum Gasteiger partial charge on any atom is 0.140 e. The number of pyridine rings is 1. The van der Waals surface area contributed by atoms with Gasteiger partial charge in [-0.15, -0.1) is 0 Å². The second kappa shape index (κ2) is 7.86. The van der Waals surface area contributed by atoms with E-state index in [1.165, 1.54) is 5.69 Å². The molecule has 0 unspecified atom stereocenters. The standard InChI is InChI=1S/C16H21ClN4/c1-2-3-11-21(13-7-5-4-6-8-13)12-15-14(17)9-10-16(19-15)20-18/h4-10H,2-3,11-12,18H2,1H3,(H,19,20). The Labute approximate surface area is 130 Å². The minimum Gasteiger partial charge on any atom is -0.366 e. The van der Waals surface area contributed by atoms with Gasteiger partial charge in [0.25, 0.3) is 0 Å². The normalized spacial score (nSPS) is 10.4. The van der Waals surface area contributed by atoms with Crippen molar-refractivity contribution >= 4 is 23.1 Å². The number of nitrogens with one attached hydrogen (secondary N) is 1. The number of nitrogens with two attached hydrogens (primary N) is 1. The van der Waals surface area contributed by atoms with Crippen molar-refractivity contribution in [3.63, 3.8) is 0 Å². The highest BCUT2D eigenvalue weighted by Crippen LogP contribution is 2.22. The van der Waals surface area contributed by atoms with Gasteiger partial charge >= 0.3 is 0 Å². The lowest BCUT2D eigenvalue weighted by Crippen LogP contribution is -2.25. The van der Waals surface area contributed by atoms with Crippen LogP contribution in [0.3, 0.4) is 0 Å². The third-order valence-corrected chi connectivity index (χ3v) is 3.65. The number of rotatable bonds is 7. The van der Waals surface area contributed by atoms with Crippen molar-refractivity contribution in [2.24, 2.45) is 5.84 Å². The topological polar surface area (TPSA) is 54.2 Å². The fourth-order valence-electron chi connectivity index (χ4n) is 2.14. The number of hydrazine groups is 1. The molecule has 0 bridgehead atoms. The zero-order chi connectivity index (χ0) is 15.1. The summed E-state index contributed by atoms with van der Waals surface area (Å²) in [6.07, 6.45) is 2.27. The van der Waals surface area contributed by atoms with Crippen LogP contribution in [0.2, 0.25) is 5.02 Å². The van der Waals surface area contributed by atoms with Crippen LogP contribution in [0.25, 0.3) is 0 Å². The second-order valence-corrected chi connectivity index (χ2v) is 5.29. The van der Waals surface area contributed by atoms with E-state index in [0.717, 1.165) is 25.1 Å². The molecule has 21 heavy (non-hydrogen) atoms. The minimum absolute atomic E-state index is 0.623. The smallest absolute Gasteiger partial charge is 0.140 e. The second-order valence-electron chi connectivity index (χ2n) is 4.88. The van der Waals surface area contributed by atoms with Gasteiger partial charge in [0.1, 0.15) is 5.82 Å².